The summed E-state index contributed by atoms with van der Waals surface area (Å²) >= 11 is 0. The Morgan fingerprint density at radius 2 is 1.64 bits per heavy atom. The third-order valence-electron chi connectivity index (χ3n) is 3.57. The molecule has 0 unspecified atom stereocenters. The number of benzene rings is 1. The van der Waals surface area contributed by atoms with E-state index in [9.17, 15) is 19.2 Å². The summed E-state index contributed by atoms with van der Waals surface area (Å²) in [6.45, 7) is 0.234. The predicted molar refractivity (Wildman–Crippen MR) is 86.7 cm³/mol. The number of fused-ring (bicyclic) bond motifs is 1. The zero-order chi connectivity index (χ0) is 18.4. The standard InChI is InChI=1S/C18H15NO6/c20-15-12-8-5-6-9-13(12)16(21)19(15)11-7-3-1-2-4-10-14(17(22)23)18(24)25/h4-6,8-10,14H,3,7,11H2,(H,22,23)(H,24,25)/b10-4+. The molecule has 7 nitrogen and oxygen atoms in total. The van der Waals surface area contributed by atoms with Gasteiger partial charge in [0, 0.05) is 13.0 Å². The van der Waals surface area contributed by atoms with Crippen LogP contribution < -0.4 is 0 Å². The van der Waals surface area contributed by atoms with Crippen molar-refractivity contribution in [2.24, 2.45) is 5.92 Å². The van der Waals surface area contributed by atoms with Gasteiger partial charge in [0.05, 0.1) is 11.1 Å². The minimum atomic E-state index is -1.63. The van der Waals surface area contributed by atoms with Crippen molar-refractivity contribution in [2.75, 3.05) is 6.54 Å². The molecule has 0 saturated carbocycles. The van der Waals surface area contributed by atoms with Gasteiger partial charge in [-0.05, 0) is 24.6 Å². The molecule has 1 aliphatic heterocycles. The molecule has 7 heteroatoms. The van der Waals surface area contributed by atoms with Crippen molar-refractivity contribution in [2.45, 2.75) is 12.8 Å². The molecule has 1 aromatic carbocycles. The van der Waals surface area contributed by atoms with Crippen molar-refractivity contribution in [1.82, 2.24) is 4.90 Å². The first-order valence-corrected chi connectivity index (χ1v) is 7.49. The van der Waals surface area contributed by atoms with Crippen LogP contribution in [0, 0.1) is 17.8 Å². The second kappa shape index (κ2) is 7.93. The van der Waals surface area contributed by atoms with E-state index in [1.54, 1.807) is 24.3 Å². The maximum atomic E-state index is 12.1. The van der Waals surface area contributed by atoms with Crippen molar-refractivity contribution < 1.29 is 29.4 Å². The summed E-state index contributed by atoms with van der Waals surface area (Å²) < 4.78 is 0. The number of hydrogen-bond acceptors (Lipinski definition) is 4. The molecule has 1 aliphatic rings. The smallest absolute Gasteiger partial charge is 0.321 e. The lowest BCUT2D eigenvalue weighted by Gasteiger charge is -2.12. The summed E-state index contributed by atoms with van der Waals surface area (Å²) in [6.07, 6.45) is 3.01. The Balaban J connectivity index is 1.83. The molecule has 0 aromatic heterocycles. The maximum Gasteiger partial charge on any atom is 0.321 e. The first-order valence-electron chi connectivity index (χ1n) is 7.49. The summed E-state index contributed by atoms with van der Waals surface area (Å²) in [7, 11) is 0. The molecule has 25 heavy (non-hydrogen) atoms. The van der Waals surface area contributed by atoms with Gasteiger partial charge in [0.2, 0.25) is 0 Å². The molecule has 2 amide bonds. The quantitative estimate of drug-likeness (QED) is 0.350. The van der Waals surface area contributed by atoms with E-state index in [0.29, 0.717) is 24.0 Å². The lowest BCUT2D eigenvalue weighted by molar-refractivity contribution is -0.151. The summed E-state index contributed by atoms with van der Waals surface area (Å²) in [6, 6.07) is 6.63. The largest absolute Gasteiger partial charge is 0.480 e. The van der Waals surface area contributed by atoms with Crippen molar-refractivity contribution in [3.63, 3.8) is 0 Å². The van der Waals surface area contributed by atoms with Crippen molar-refractivity contribution in [1.29, 1.82) is 0 Å². The lowest BCUT2D eigenvalue weighted by Crippen LogP contribution is -2.30. The zero-order valence-corrected chi connectivity index (χ0v) is 13.1. The highest BCUT2D eigenvalue weighted by atomic mass is 16.4. The van der Waals surface area contributed by atoms with Gasteiger partial charge in [-0.25, -0.2) is 0 Å². The first-order chi connectivity index (χ1) is 11.9. The Hall–Kier alpha value is -3.40. The molecule has 0 spiro atoms. The van der Waals surface area contributed by atoms with Crippen LogP contribution in [0.2, 0.25) is 0 Å². The Kier molecular flexibility index (Phi) is 5.69. The van der Waals surface area contributed by atoms with E-state index in [0.717, 1.165) is 6.08 Å². The fourth-order valence-corrected chi connectivity index (χ4v) is 2.31. The summed E-state index contributed by atoms with van der Waals surface area (Å²) in [4.78, 5) is 46.7. The van der Waals surface area contributed by atoms with Gasteiger partial charge in [-0.3, -0.25) is 24.1 Å². The van der Waals surface area contributed by atoms with E-state index in [4.69, 9.17) is 10.2 Å². The molecule has 0 saturated heterocycles. The third-order valence-corrected chi connectivity index (χ3v) is 3.57. The lowest BCUT2D eigenvalue weighted by atomic mass is 10.1. The van der Waals surface area contributed by atoms with Gasteiger partial charge in [0.25, 0.3) is 11.8 Å². The number of rotatable bonds is 6. The molecule has 0 atom stereocenters. The highest BCUT2D eigenvalue weighted by Gasteiger charge is 2.34. The molecular formula is C18H15NO6. The van der Waals surface area contributed by atoms with Crippen molar-refractivity contribution in [3.05, 3.63) is 47.5 Å². The molecule has 2 N–H and O–H groups in total. The molecule has 0 bridgehead atoms. The van der Waals surface area contributed by atoms with Gasteiger partial charge >= 0.3 is 11.9 Å². The number of hydrogen-bond donors (Lipinski definition) is 2. The van der Waals surface area contributed by atoms with Crippen LogP contribution >= 0.6 is 0 Å². The molecule has 0 fully saturated rings. The highest BCUT2D eigenvalue weighted by molar-refractivity contribution is 6.21. The number of carbonyl (C=O) groups is 4. The first kappa shape index (κ1) is 17.9. The van der Waals surface area contributed by atoms with Gasteiger partial charge in [-0.2, -0.15) is 0 Å². The average molecular weight is 341 g/mol. The molecule has 128 valence electrons. The number of unbranched alkanes of at least 4 members (excludes halogenated alkanes) is 1. The van der Waals surface area contributed by atoms with Crippen molar-refractivity contribution >= 4 is 23.8 Å². The average Bonchev–Trinajstić information content (AvgIpc) is 2.81. The van der Waals surface area contributed by atoms with E-state index >= 15 is 0 Å². The minimum absolute atomic E-state index is 0.234. The Morgan fingerprint density at radius 3 is 2.16 bits per heavy atom. The van der Waals surface area contributed by atoms with Crippen LogP contribution in [0.5, 0.6) is 0 Å². The number of nitrogens with zero attached hydrogens (tertiary/aromatic N) is 1. The summed E-state index contributed by atoms with van der Waals surface area (Å²) in [5, 5.41) is 17.4. The van der Waals surface area contributed by atoms with Gasteiger partial charge in [-0.15, -0.1) is 0 Å². The van der Waals surface area contributed by atoms with Crippen LogP contribution in [0.3, 0.4) is 0 Å². The Bertz CT molecular complexity index is 765. The number of aliphatic carboxylic acids is 2. The minimum Gasteiger partial charge on any atom is -0.480 e. The van der Waals surface area contributed by atoms with Crippen LogP contribution in [0.4, 0.5) is 0 Å². The monoisotopic (exact) mass is 341 g/mol. The normalized spacial score (nSPS) is 13.1. The molecule has 1 heterocycles. The maximum absolute atomic E-state index is 12.1. The van der Waals surface area contributed by atoms with E-state index in [1.807, 2.05) is 0 Å². The number of carboxylic acids is 2. The van der Waals surface area contributed by atoms with Gasteiger partial charge in [0.1, 0.15) is 0 Å². The second-order valence-corrected chi connectivity index (χ2v) is 5.25. The highest BCUT2D eigenvalue weighted by Crippen LogP contribution is 2.22. The van der Waals surface area contributed by atoms with Crippen molar-refractivity contribution in [3.8, 4) is 11.8 Å². The Labute approximate surface area is 143 Å². The number of imide groups is 1. The van der Waals surface area contributed by atoms with Gasteiger partial charge < -0.3 is 10.2 Å². The molecule has 2 rings (SSSR count). The van der Waals surface area contributed by atoms with E-state index < -0.39 is 17.9 Å². The van der Waals surface area contributed by atoms with Gasteiger partial charge in [0.15, 0.2) is 5.92 Å². The summed E-state index contributed by atoms with van der Waals surface area (Å²) in [5.74, 6) is 0.0705. The van der Waals surface area contributed by atoms with Crippen LogP contribution in [0.15, 0.2) is 36.4 Å². The van der Waals surface area contributed by atoms with E-state index in [2.05, 4.69) is 11.8 Å². The van der Waals surface area contributed by atoms with E-state index in [1.165, 1.54) is 11.0 Å². The SMILES string of the molecule is O=C(O)C(/C=C/C#CCCCN1C(=O)c2ccccc2C1=O)C(=O)O. The number of carboxylic acid groups (broad SMARTS) is 2. The molecule has 0 radical (unpaired) electrons. The number of allylic oxidation sites excluding steroid dienone is 1. The predicted octanol–water partition coefficient (Wildman–Crippen LogP) is 1.41. The van der Waals surface area contributed by atoms with Crippen LogP contribution in [-0.2, 0) is 9.59 Å². The zero-order valence-electron chi connectivity index (χ0n) is 13.1. The number of amides is 2. The Morgan fingerprint density at radius 1 is 1.08 bits per heavy atom. The fraction of sp³-hybridized carbons (Fsp3) is 0.222. The van der Waals surface area contributed by atoms with Crippen LogP contribution in [0.25, 0.3) is 0 Å². The molecule has 0 aliphatic carbocycles. The van der Waals surface area contributed by atoms with Crippen LogP contribution in [-0.4, -0.2) is 45.4 Å². The van der Waals surface area contributed by atoms with E-state index in [-0.39, 0.29) is 18.4 Å². The summed E-state index contributed by atoms with van der Waals surface area (Å²) in [5.41, 5.74) is 0.796. The molecular weight excluding hydrogens is 326 g/mol. The third kappa shape index (κ3) is 4.12. The number of carbonyl (C=O) groups excluding carboxylic acids is 2. The van der Waals surface area contributed by atoms with Gasteiger partial charge in [-0.1, -0.05) is 30.0 Å². The topological polar surface area (TPSA) is 112 Å². The second-order valence-electron chi connectivity index (χ2n) is 5.25. The fourth-order valence-electron chi connectivity index (χ4n) is 2.31. The molecule has 1 aromatic rings. The van der Waals surface area contributed by atoms with Crippen LogP contribution in [0.1, 0.15) is 33.6 Å².